The molecule has 1 aromatic rings. The predicted molar refractivity (Wildman–Crippen MR) is 74.5 cm³/mol. The van der Waals surface area contributed by atoms with Gasteiger partial charge in [0.25, 0.3) is 0 Å². The van der Waals surface area contributed by atoms with Crippen molar-refractivity contribution in [1.29, 1.82) is 5.26 Å². The zero-order valence-corrected chi connectivity index (χ0v) is 11.5. The van der Waals surface area contributed by atoms with Crippen LogP contribution in [0.2, 0.25) is 0 Å². The van der Waals surface area contributed by atoms with Crippen LogP contribution in [0, 0.1) is 11.3 Å². The monoisotopic (exact) mass is 276 g/mol. The van der Waals surface area contributed by atoms with Gasteiger partial charge >= 0.3 is 0 Å². The summed E-state index contributed by atoms with van der Waals surface area (Å²) < 4.78 is 11.0. The highest BCUT2D eigenvalue weighted by atomic mass is 16.5. The molecule has 1 saturated heterocycles. The maximum atomic E-state index is 9.27. The van der Waals surface area contributed by atoms with E-state index in [-0.39, 0.29) is 12.6 Å². The standard InChI is InChI=1S/C15H20N2O3/c16-6-5-13-1-3-15(4-2-13)20-10-8-17-7-9-19-12-14(17)11-18/h1-4,14,18H,5,7-12H2. The maximum absolute atomic E-state index is 9.27. The van der Waals surface area contributed by atoms with Crippen molar-refractivity contribution < 1.29 is 14.6 Å². The summed E-state index contributed by atoms with van der Waals surface area (Å²) in [6, 6.07) is 9.77. The number of rotatable bonds is 6. The lowest BCUT2D eigenvalue weighted by Crippen LogP contribution is -2.48. The molecule has 0 radical (unpaired) electrons. The van der Waals surface area contributed by atoms with Crippen molar-refractivity contribution in [1.82, 2.24) is 4.90 Å². The fraction of sp³-hybridized carbons (Fsp3) is 0.533. The third-order valence-corrected chi connectivity index (χ3v) is 3.41. The Hall–Kier alpha value is -1.61. The van der Waals surface area contributed by atoms with Crippen LogP contribution in [0.1, 0.15) is 5.56 Å². The van der Waals surface area contributed by atoms with Crippen molar-refractivity contribution in [3.8, 4) is 11.8 Å². The van der Waals surface area contributed by atoms with Gasteiger partial charge in [-0.3, -0.25) is 4.90 Å². The first-order chi connectivity index (χ1) is 9.83. The fourth-order valence-corrected chi connectivity index (χ4v) is 2.23. The third kappa shape index (κ3) is 4.20. The molecule has 1 aromatic carbocycles. The van der Waals surface area contributed by atoms with Gasteiger partial charge in [0, 0.05) is 13.1 Å². The van der Waals surface area contributed by atoms with E-state index >= 15 is 0 Å². The number of aliphatic hydroxyl groups excluding tert-OH is 1. The number of morpholine rings is 1. The normalized spacial score (nSPS) is 19.5. The van der Waals surface area contributed by atoms with Gasteiger partial charge in [0.05, 0.1) is 38.4 Å². The van der Waals surface area contributed by atoms with E-state index in [0.29, 0.717) is 26.2 Å². The summed E-state index contributed by atoms with van der Waals surface area (Å²) in [5.74, 6) is 0.806. The number of aliphatic hydroxyl groups is 1. The fourth-order valence-electron chi connectivity index (χ4n) is 2.23. The smallest absolute Gasteiger partial charge is 0.119 e. The Balaban J connectivity index is 1.76. The molecule has 0 bridgehead atoms. The van der Waals surface area contributed by atoms with E-state index in [1.165, 1.54) is 0 Å². The number of nitriles is 1. The highest BCUT2D eigenvalue weighted by Crippen LogP contribution is 2.13. The van der Waals surface area contributed by atoms with E-state index in [0.717, 1.165) is 24.4 Å². The number of hydrogen-bond donors (Lipinski definition) is 1. The number of nitrogens with zero attached hydrogens (tertiary/aromatic N) is 2. The van der Waals surface area contributed by atoms with Crippen molar-refractivity contribution in [2.24, 2.45) is 0 Å². The molecule has 5 nitrogen and oxygen atoms in total. The van der Waals surface area contributed by atoms with E-state index in [1.807, 2.05) is 24.3 Å². The molecule has 20 heavy (non-hydrogen) atoms. The lowest BCUT2D eigenvalue weighted by atomic mass is 10.2. The zero-order valence-electron chi connectivity index (χ0n) is 11.5. The van der Waals surface area contributed by atoms with Gasteiger partial charge in [-0.05, 0) is 17.7 Å². The van der Waals surface area contributed by atoms with Gasteiger partial charge in [-0.25, -0.2) is 0 Å². The molecule has 1 unspecified atom stereocenters. The van der Waals surface area contributed by atoms with E-state index in [4.69, 9.17) is 14.7 Å². The summed E-state index contributed by atoms with van der Waals surface area (Å²) in [7, 11) is 0. The first kappa shape index (κ1) is 14.8. The Labute approximate surface area is 119 Å². The van der Waals surface area contributed by atoms with Crippen molar-refractivity contribution >= 4 is 0 Å². The molecular formula is C15H20N2O3. The third-order valence-electron chi connectivity index (χ3n) is 3.41. The van der Waals surface area contributed by atoms with Gasteiger partial charge in [-0.2, -0.15) is 5.26 Å². The minimum Gasteiger partial charge on any atom is -0.492 e. The van der Waals surface area contributed by atoms with E-state index < -0.39 is 0 Å². The highest BCUT2D eigenvalue weighted by Gasteiger charge is 2.21. The lowest BCUT2D eigenvalue weighted by molar-refractivity contribution is -0.0312. The molecule has 1 aliphatic heterocycles. The van der Waals surface area contributed by atoms with Gasteiger partial charge < -0.3 is 14.6 Å². The minimum atomic E-state index is 0.0744. The summed E-state index contributed by atoms with van der Waals surface area (Å²) >= 11 is 0. The van der Waals surface area contributed by atoms with Gasteiger partial charge in [-0.15, -0.1) is 0 Å². The number of benzene rings is 1. The molecule has 2 rings (SSSR count). The molecule has 1 atom stereocenters. The van der Waals surface area contributed by atoms with Gasteiger partial charge in [-0.1, -0.05) is 12.1 Å². The van der Waals surface area contributed by atoms with Gasteiger partial charge in [0.2, 0.25) is 0 Å². The predicted octanol–water partition coefficient (Wildman–Crippen LogP) is 0.825. The molecule has 5 heteroatoms. The molecule has 1 fully saturated rings. The second-order valence-corrected chi connectivity index (χ2v) is 4.77. The van der Waals surface area contributed by atoms with Crippen LogP contribution in [0.4, 0.5) is 0 Å². The average molecular weight is 276 g/mol. The van der Waals surface area contributed by atoms with Crippen LogP contribution < -0.4 is 4.74 Å². The van der Waals surface area contributed by atoms with Gasteiger partial charge in [0.1, 0.15) is 12.4 Å². The second kappa shape index (κ2) is 7.85. The molecule has 1 heterocycles. The summed E-state index contributed by atoms with van der Waals surface area (Å²) in [6.07, 6.45) is 0.423. The van der Waals surface area contributed by atoms with Crippen LogP contribution in [-0.2, 0) is 11.2 Å². The Morgan fingerprint density at radius 2 is 2.20 bits per heavy atom. The van der Waals surface area contributed by atoms with E-state index in [1.54, 1.807) is 0 Å². The molecule has 1 aliphatic rings. The Morgan fingerprint density at radius 3 is 2.90 bits per heavy atom. The van der Waals surface area contributed by atoms with Gasteiger partial charge in [0.15, 0.2) is 0 Å². The topological polar surface area (TPSA) is 65.7 Å². The molecule has 108 valence electrons. The molecule has 0 aromatic heterocycles. The molecule has 1 N–H and O–H groups in total. The maximum Gasteiger partial charge on any atom is 0.119 e. The molecular weight excluding hydrogens is 256 g/mol. The Kier molecular flexibility index (Phi) is 5.81. The molecule has 0 spiro atoms. The molecule has 0 aliphatic carbocycles. The second-order valence-electron chi connectivity index (χ2n) is 4.77. The number of ether oxygens (including phenoxy) is 2. The van der Waals surface area contributed by atoms with Crippen LogP contribution in [0.25, 0.3) is 0 Å². The largest absolute Gasteiger partial charge is 0.492 e. The SMILES string of the molecule is N#CCc1ccc(OCCN2CCOCC2CO)cc1. The van der Waals surface area contributed by atoms with Crippen LogP contribution in [-0.4, -0.2) is 55.6 Å². The summed E-state index contributed by atoms with van der Waals surface area (Å²) in [5.41, 5.74) is 0.994. The number of hydrogen-bond acceptors (Lipinski definition) is 5. The Morgan fingerprint density at radius 1 is 1.40 bits per heavy atom. The molecule has 0 amide bonds. The van der Waals surface area contributed by atoms with Crippen molar-refractivity contribution in [3.05, 3.63) is 29.8 Å². The van der Waals surface area contributed by atoms with Crippen LogP contribution in [0.5, 0.6) is 5.75 Å². The van der Waals surface area contributed by atoms with Crippen LogP contribution in [0.3, 0.4) is 0 Å². The quantitative estimate of drug-likeness (QED) is 0.833. The van der Waals surface area contributed by atoms with E-state index in [2.05, 4.69) is 11.0 Å². The highest BCUT2D eigenvalue weighted by molar-refractivity contribution is 5.28. The zero-order chi connectivity index (χ0) is 14.2. The Bertz CT molecular complexity index is 441. The van der Waals surface area contributed by atoms with Crippen molar-refractivity contribution in [2.75, 3.05) is 39.5 Å². The first-order valence-electron chi connectivity index (χ1n) is 6.85. The van der Waals surface area contributed by atoms with Crippen molar-refractivity contribution in [3.63, 3.8) is 0 Å². The van der Waals surface area contributed by atoms with Crippen molar-refractivity contribution in [2.45, 2.75) is 12.5 Å². The molecule has 0 saturated carbocycles. The summed E-state index contributed by atoms with van der Waals surface area (Å²) in [5, 5.41) is 17.9. The van der Waals surface area contributed by atoms with E-state index in [9.17, 15) is 5.11 Å². The average Bonchev–Trinajstić information content (AvgIpc) is 2.50. The summed E-state index contributed by atoms with van der Waals surface area (Å²) in [4.78, 5) is 2.19. The summed E-state index contributed by atoms with van der Waals surface area (Å²) in [6.45, 7) is 3.58. The van der Waals surface area contributed by atoms with Crippen LogP contribution >= 0.6 is 0 Å². The first-order valence-corrected chi connectivity index (χ1v) is 6.85. The lowest BCUT2D eigenvalue weighted by Gasteiger charge is -2.34. The minimum absolute atomic E-state index is 0.0744. The van der Waals surface area contributed by atoms with Crippen LogP contribution in [0.15, 0.2) is 24.3 Å².